The van der Waals surface area contributed by atoms with Gasteiger partial charge in [0.2, 0.25) is 0 Å². The zero-order valence-corrected chi connectivity index (χ0v) is 10.6. The van der Waals surface area contributed by atoms with Crippen LogP contribution in [-0.2, 0) is 0 Å². The van der Waals surface area contributed by atoms with E-state index in [1.165, 1.54) is 45.3 Å². The van der Waals surface area contributed by atoms with Crippen molar-refractivity contribution in [2.24, 2.45) is 5.92 Å². The van der Waals surface area contributed by atoms with E-state index in [1.54, 1.807) is 0 Å². The van der Waals surface area contributed by atoms with E-state index in [2.05, 4.69) is 31.0 Å². The second-order valence-corrected chi connectivity index (χ2v) is 5.79. The van der Waals surface area contributed by atoms with Gasteiger partial charge >= 0.3 is 0 Å². The van der Waals surface area contributed by atoms with Crippen LogP contribution in [0.3, 0.4) is 0 Å². The highest BCUT2D eigenvalue weighted by Gasteiger charge is 2.42. The summed E-state index contributed by atoms with van der Waals surface area (Å²) in [6.45, 7) is 10.9. The largest absolute Gasteiger partial charge is 0.313 e. The van der Waals surface area contributed by atoms with E-state index in [9.17, 15) is 0 Å². The van der Waals surface area contributed by atoms with Crippen LogP contribution in [0.4, 0.5) is 0 Å². The van der Waals surface area contributed by atoms with E-state index >= 15 is 0 Å². The van der Waals surface area contributed by atoms with Crippen LogP contribution < -0.4 is 5.32 Å². The number of hydrogen-bond donors (Lipinski definition) is 1. The van der Waals surface area contributed by atoms with Gasteiger partial charge in [-0.2, -0.15) is 0 Å². The molecule has 1 atom stereocenters. The molecule has 1 heterocycles. The van der Waals surface area contributed by atoms with E-state index < -0.39 is 0 Å². The van der Waals surface area contributed by atoms with Crippen molar-refractivity contribution < 1.29 is 0 Å². The van der Waals surface area contributed by atoms with Crippen LogP contribution in [-0.4, -0.2) is 36.1 Å². The maximum Gasteiger partial charge on any atom is 0.0192 e. The van der Waals surface area contributed by atoms with Gasteiger partial charge in [0.15, 0.2) is 0 Å². The SMILES string of the molecule is CCC1CN(C(C)(C)C2CC2)CCCN1. The molecule has 15 heavy (non-hydrogen) atoms. The number of nitrogens with zero attached hydrogens (tertiary/aromatic N) is 1. The lowest BCUT2D eigenvalue weighted by Crippen LogP contribution is -2.49. The highest BCUT2D eigenvalue weighted by atomic mass is 15.2. The molecule has 88 valence electrons. The molecule has 1 aliphatic carbocycles. The van der Waals surface area contributed by atoms with Crippen LogP contribution in [0.1, 0.15) is 46.5 Å². The zero-order valence-electron chi connectivity index (χ0n) is 10.6. The highest BCUT2D eigenvalue weighted by molar-refractivity contribution is 4.97. The lowest BCUT2D eigenvalue weighted by molar-refractivity contribution is 0.0962. The molecule has 1 N–H and O–H groups in total. The molecule has 1 saturated heterocycles. The van der Waals surface area contributed by atoms with Crippen molar-refractivity contribution in [3.05, 3.63) is 0 Å². The Kier molecular flexibility index (Phi) is 3.36. The van der Waals surface area contributed by atoms with Gasteiger partial charge in [0.1, 0.15) is 0 Å². The molecular formula is C13H26N2. The summed E-state index contributed by atoms with van der Waals surface area (Å²) < 4.78 is 0. The van der Waals surface area contributed by atoms with Crippen LogP contribution in [0.5, 0.6) is 0 Å². The van der Waals surface area contributed by atoms with Gasteiger partial charge in [-0.15, -0.1) is 0 Å². The maximum absolute atomic E-state index is 3.65. The third kappa shape index (κ3) is 2.54. The quantitative estimate of drug-likeness (QED) is 0.768. The molecule has 2 rings (SSSR count). The minimum atomic E-state index is 0.444. The Morgan fingerprint density at radius 2 is 2.07 bits per heavy atom. The van der Waals surface area contributed by atoms with E-state index in [0.717, 1.165) is 5.92 Å². The molecule has 0 bridgehead atoms. The summed E-state index contributed by atoms with van der Waals surface area (Å²) in [4.78, 5) is 2.73. The van der Waals surface area contributed by atoms with E-state index in [4.69, 9.17) is 0 Å². The molecule has 0 amide bonds. The maximum atomic E-state index is 3.65. The first-order valence-electron chi connectivity index (χ1n) is 6.63. The summed E-state index contributed by atoms with van der Waals surface area (Å²) in [7, 11) is 0. The predicted molar refractivity (Wildman–Crippen MR) is 65.1 cm³/mol. The van der Waals surface area contributed by atoms with Gasteiger partial charge in [-0.3, -0.25) is 4.90 Å². The molecule has 0 aromatic carbocycles. The average molecular weight is 210 g/mol. The molecule has 2 fully saturated rings. The molecule has 1 saturated carbocycles. The van der Waals surface area contributed by atoms with Crippen LogP contribution in [0.2, 0.25) is 0 Å². The topological polar surface area (TPSA) is 15.3 Å². The van der Waals surface area contributed by atoms with Gasteiger partial charge in [-0.05, 0) is 58.5 Å². The van der Waals surface area contributed by atoms with Gasteiger partial charge < -0.3 is 5.32 Å². The van der Waals surface area contributed by atoms with Gasteiger partial charge in [0, 0.05) is 18.1 Å². The van der Waals surface area contributed by atoms with Crippen LogP contribution in [0.25, 0.3) is 0 Å². The van der Waals surface area contributed by atoms with Crippen molar-refractivity contribution in [1.82, 2.24) is 10.2 Å². The molecular weight excluding hydrogens is 184 g/mol. The Balaban J connectivity index is 1.99. The average Bonchev–Trinajstić information content (AvgIpc) is 3.04. The van der Waals surface area contributed by atoms with E-state index in [-0.39, 0.29) is 0 Å². The molecule has 0 aromatic rings. The molecule has 1 aliphatic heterocycles. The van der Waals surface area contributed by atoms with Crippen LogP contribution in [0.15, 0.2) is 0 Å². The Morgan fingerprint density at radius 1 is 1.33 bits per heavy atom. The summed E-state index contributed by atoms with van der Waals surface area (Å²) >= 11 is 0. The lowest BCUT2D eigenvalue weighted by atomic mass is 9.95. The molecule has 2 heteroatoms. The summed E-state index contributed by atoms with van der Waals surface area (Å²) in [5.74, 6) is 0.966. The Hall–Kier alpha value is -0.0800. The minimum absolute atomic E-state index is 0.444. The Labute approximate surface area is 94.4 Å². The van der Waals surface area contributed by atoms with Crippen molar-refractivity contribution in [2.45, 2.75) is 58.0 Å². The lowest BCUT2D eigenvalue weighted by Gasteiger charge is -2.39. The molecule has 1 unspecified atom stereocenters. The predicted octanol–water partition coefficient (Wildman–Crippen LogP) is 2.25. The van der Waals surface area contributed by atoms with Gasteiger partial charge in [-0.25, -0.2) is 0 Å². The van der Waals surface area contributed by atoms with E-state index in [1.807, 2.05) is 0 Å². The second-order valence-electron chi connectivity index (χ2n) is 5.79. The number of rotatable bonds is 3. The third-order valence-electron chi connectivity index (χ3n) is 4.36. The number of hydrogen-bond acceptors (Lipinski definition) is 2. The monoisotopic (exact) mass is 210 g/mol. The van der Waals surface area contributed by atoms with Crippen LogP contribution >= 0.6 is 0 Å². The summed E-state index contributed by atoms with van der Waals surface area (Å²) in [5, 5.41) is 3.65. The van der Waals surface area contributed by atoms with Gasteiger partial charge in [0.25, 0.3) is 0 Å². The van der Waals surface area contributed by atoms with Crippen LogP contribution in [0, 0.1) is 5.92 Å². The molecule has 2 nitrogen and oxygen atoms in total. The smallest absolute Gasteiger partial charge is 0.0192 e. The summed E-state index contributed by atoms with van der Waals surface area (Å²) in [6, 6.07) is 0.713. The summed E-state index contributed by atoms with van der Waals surface area (Å²) in [5.41, 5.74) is 0.444. The van der Waals surface area contributed by atoms with Crippen molar-refractivity contribution >= 4 is 0 Å². The minimum Gasteiger partial charge on any atom is -0.313 e. The van der Waals surface area contributed by atoms with Gasteiger partial charge in [0.05, 0.1) is 0 Å². The fourth-order valence-electron chi connectivity index (χ4n) is 2.84. The van der Waals surface area contributed by atoms with E-state index in [0.29, 0.717) is 11.6 Å². The van der Waals surface area contributed by atoms with Crippen molar-refractivity contribution in [2.75, 3.05) is 19.6 Å². The normalized spacial score (nSPS) is 30.2. The van der Waals surface area contributed by atoms with Gasteiger partial charge in [-0.1, -0.05) is 6.92 Å². The van der Waals surface area contributed by atoms with Crippen molar-refractivity contribution in [3.63, 3.8) is 0 Å². The molecule has 0 spiro atoms. The highest BCUT2D eigenvalue weighted by Crippen LogP contribution is 2.43. The number of nitrogens with one attached hydrogen (secondary N) is 1. The molecule has 0 aromatic heterocycles. The fourth-order valence-corrected chi connectivity index (χ4v) is 2.84. The second kappa shape index (κ2) is 4.42. The third-order valence-corrected chi connectivity index (χ3v) is 4.36. The first-order chi connectivity index (χ1) is 7.14. The first kappa shape index (κ1) is 11.4. The zero-order chi connectivity index (χ0) is 10.9. The Bertz CT molecular complexity index is 209. The van der Waals surface area contributed by atoms with Crippen molar-refractivity contribution in [3.8, 4) is 0 Å². The first-order valence-corrected chi connectivity index (χ1v) is 6.63. The Morgan fingerprint density at radius 3 is 2.67 bits per heavy atom. The standard InChI is InChI=1S/C13H26N2/c1-4-12-10-15(9-5-8-14-12)13(2,3)11-6-7-11/h11-12,14H,4-10H2,1-3H3. The fraction of sp³-hybridized carbons (Fsp3) is 1.00. The summed E-state index contributed by atoms with van der Waals surface area (Å²) in [6.07, 6.45) is 5.48. The molecule has 2 aliphatic rings. The van der Waals surface area contributed by atoms with Crippen molar-refractivity contribution in [1.29, 1.82) is 0 Å². The molecule has 0 radical (unpaired) electrons.